The van der Waals surface area contributed by atoms with E-state index in [1.54, 1.807) is 57.2 Å². The van der Waals surface area contributed by atoms with Gasteiger partial charge in [-0.3, -0.25) is 14.9 Å². The number of nitrogens with one attached hydrogen (secondary N) is 2. The third kappa shape index (κ3) is 5.96. The highest BCUT2D eigenvalue weighted by Crippen LogP contribution is 2.34. The van der Waals surface area contributed by atoms with Gasteiger partial charge in [0.1, 0.15) is 23.2 Å². The van der Waals surface area contributed by atoms with Crippen molar-refractivity contribution in [2.75, 3.05) is 10.6 Å². The van der Waals surface area contributed by atoms with Gasteiger partial charge in [0.05, 0.1) is 23.2 Å². The number of rotatable bonds is 7. The third-order valence-electron chi connectivity index (χ3n) is 6.71. The molecule has 3 N–H and O–H groups in total. The van der Waals surface area contributed by atoms with Gasteiger partial charge in [-0.25, -0.2) is 9.78 Å². The van der Waals surface area contributed by atoms with Crippen molar-refractivity contribution < 1.29 is 28.8 Å². The fourth-order valence-corrected chi connectivity index (χ4v) is 4.93. The fraction of sp³-hybridized carbons (Fsp3) is 0.370. The summed E-state index contributed by atoms with van der Waals surface area (Å²) >= 11 is 6.20. The quantitative estimate of drug-likeness (QED) is 0.324. The number of anilines is 2. The minimum absolute atomic E-state index is 0.226. The summed E-state index contributed by atoms with van der Waals surface area (Å²) in [5.74, 6) is -2.34. The summed E-state index contributed by atoms with van der Waals surface area (Å²) < 4.78 is 10.9. The van der Waals surface area contributed by atoms with Crippen LogP contribution in [0.4, 0.5) is 16.2 Å². The third-order valence-corrected chi connectivity index (χ3v) is 7.06. The van der Waals surface area contributed by atoms with Crippen LogP contribution in [0.2, 0.25) is 5.02 Å². The monoisotopic (exact) mass is 540 g/mol. The van der Waals surface area contributed by atoms with Gasteiger partial charge in [0, 0.05) is 10.6 Å². The average molecular weight is 541 g/mol. The lowest BCUT2D eigenvalue weighted by Crippen LogP contribution is -2.36. The second-order valence-electron chi connectivity index (χ2n) is 9.32. The largest absolute Gasteiger partial charge is 0.481 e. The van der Waals surface area contributed by atoms with E-state index in [0.29, 0.717) is 51.9 Å². The smallest absolute Gasteiger partial charge is 0.412 e. The van der Waals surface area contributed by atoms with Gasteiger partial charge in [-0.1, -0.05) is 47.8 Å². The van der Waals surface area contributed by atoms with Crippen molar-refractivity contribution in [3.05, 3.63) is 58.4 Å². The van der Waals surface area contributed by atoms with Gasteiger partial charge in [0.15, 0.2) is 0 Å². The van der Waals surface area contributed by atoms with E-state index in [4.69, 9.17) is 20.9 Å². The normalized spacial score (nSPS) is 17.9. The molecule has 1 aromatic carbocycles. The predicted molar refractivity (Wildman–Crippen MR) is 141 cm³/mol. The van der Waals surface area contributed by atoms with Crippen LogP contribution in [-0.2, 0) is 14.3 Å². The van der Waals surface area contributed by atoms with Crippen molar-refractivity contribution in [1.82, 2.24) is 10.1 Å². The number of hydrogen-bond donors (Lipinski definition) is 3. The molecule has 11 heteroatoms. The molecule has 4 rings (SSSR count). The van der Waals surface area contributed by atoms with Gasteiger partial charge >= 0.3 is 12.1 Å². The van der Waals surface area contributed by atoms with Crippen LogP contribution < -0.4 is 10.6 Å². The average Bonchev–Trinajstić information content (AvgIpc) is 3.24. The Bertz CT molecular complexity index is 1360. The first-order valence-electron chi connectivity index (χ1n) is 12.4. The number of hydrogen-bond acceptors (Lipinski definition) is 7. The number of carbonyl (C=O) groups is 3. The Hall–Kier alpha value is -3.92. The molecule has 1 aliphatic rings. The molecular formula is C27H29ClN4O6. The van der Waals surface area contributed by atoms with E-state index in [0.717, 1.165) is 12.8 Å². The topological polar surface area (TPSA) is 144 Å². The van der Waals surface area contributed by atoms with E-state index in [2.05, 4.69) is 20.8 Å². The summed E-state index contributed by atoms with van der Waals surface area (Å²) in [6.45, 7) is 5.10. The van der Waals surface area contributed by atoms with E-state index in [9.17, 15) is 19.5 Å². The van der Waals surface area contributed by atoms with E-state index < -0.39 is 30.0 Å². The molecule has 200 valence electrons. The number of aliphatic carboxylic acids is 1. The number of aryl methyl sites for hydroxylation is 2. The minimum Gasteiger partial charge on any atom is -0.481 e. The van der Waals surface area contributed by atoms with Crippen molar-refractivity contribution >= 4 is 40.9 Å². The summed E-state index contributed by atoms with van der Waals surface area (Å²) in [4.78, 5) is 41.6. The molecule has 1 aliphatic carbocycles. The Morgan fingerprint density at radius 1 is 1.05 bits per heavy atom. The lowest BCUT2D eigenvalue weighted by Gasteiger charge is -2.27. The Labute approximate surface area is 224 Å². The van der Waals surface area contributed by atoms with E-state index >= 15 is 0 Å². The number of carbonyl (C=O) groups excluding carboxylic acids is 2. The number of nitrogens with zero attached hydrogens (tertiary/aromatic N) is 2. The van der Waals surface area contributed by atoms with Crippen LogP contribution >= 0.6 is 11.6 Å². The highest BCUT2D eigenvalue weighted by Gasteiger charge is 2.36. The zero-order valence-electron chi connectivity index (χ0n) is 21.3. The van der Waals surface area contributed by atoms with E-state index in [1.807, 2.05) is 0 Å². The number of pyridine rings is 1. The molecule has 0 saturated heterocycles. The number of carboxylic acids is 1. The Kier molecular flexibility index (Phi) is 8.31. The molecule has 38 heavy (non-hydrogen) atoms. The molecule has 3 aromatic rings. The summed E-state index contributed by atoms with van der Waals surface area (Å²) in [6.07, 6.45) is 1.33. The van der Waals surface area contributed by atoms with Crippen LogP contribution in [0.5, 0.6) is 0 Å². The van der Waals surface area contributed by atoms with E-state index in [-0.39, 0.29) is 11.7 Å². The minimum atomic E-state index is -0.949. The molecule has 0 aliphatic heterocycles. The molecule has 0 bridgehead atoms. The summed E-state index contributed by atoms with van der Waals surface area (Å²) in [5.41, 5.74) is 2.74. The van der Waals surface area contributed by atoms with Gasteiger partial charge in [-0.05, 0) is 51.8 Å². The van der Waals surface area contributed by atoms with Gasteiger partial charge in [-0.15, -0.1) is 0 Å². The molecule has 10 nitrogen and oxygen atoms in total. The predicted octanol–water partition coefficient (Wildman–Crippen LogP) is 6.15. The Morgan fingerprint density at radius 3 is 2.45 bits per heavy atom. The maximum Gasteiger partial charge on any atom is 0.412 e. The molecule has 2 heterocycles. The lowest BCUT2D eigenvalue weighted by atomic mass is 9.78. The van der Waals surface area contributed by atoms with Gasteiger partial charge in [0.2, 0.25) is 11.7 Å². The van der Waals surface area contributed by atoms with Gasteiger partial charge in [0.25, 0.3) is 0 Å². The summed E-state index contributed by atoms with van der Waals surface area (Å²) in [6, 6.07) is 10.4. The lowest BCUT2D eigenvalue weighted by molar-refractivity contribution is -0.147. The van der Waals surface area contributed by atoms with Crippen molar-refractivity contribution in [1.29, 1.82) is 0 Å². The zero-order chi connectivity index (χ0) is 27.4. The first kappa shape index (κ1) is 27.1. The van der Waals surface area contributed by atoms with Crippen molar-refractivity contribution in [2.45, 2.75) is 52.6 Å². The summed E-state index contributed by atoms with van der Waals surface area (Å²) in [7, 11) is 0. The molecule has 0 spiro atoms. The summed E-state index contributed by atoms with van der Waals surface area (Å²) in [5, 5.41) is 19.4. The molecule has 2 amide bonds. The molecule has 0 unspecified atom stereocenters. The standard InChI is InChI=1S/C27H29ClN4O6/c1-14-21(30-25(33)18-9-4-5-10-19(18)26(34)35)12-13-22(29-14)24-23(15(2)32-38-24)31-27(36)37-16(3)17-8-6-7-11-20(17)28/h6-8,11-13,16,18-19H,4-5,9-10H2,1-3H3,(H,30,33)(H,31,36)(H,34,35)/t16-,18+,19-/m1/s1. The van der Waals surface area contributed by atoms with Crippen LogP contribution in [0.15, 0.2) is 40.9 Å². The maximum absolute atomic E-state index is 12.9. The zero-order valence-corrected chi connectivity index (χ0v) is 22.0. The van der Waals surface area contributed by atoms with Gasteiger partial charge in [-0.2, -0.15) is 0 Å². The highest BCUT2D eigenvalue weighted by atomic mass is 35.5. The molecular weight excluding hydrogens is 512 g/mol. The van der Waals surface area contributed by atoms with Gasteiger partial charge < -0.3 is 19.7 Å². The first-order valence-corrected chi connectivity index (χ1v) is 12.7. The molecule has 1 fully saturated rings. The van der Waals surface area contributed by atoms with Crippen LogP contribution in [0.25, 0.3) is 11.5 Å². The number of halogens is 1. The van der Waals surface area contributed by atoms with Crippen LogP contribution in [-0.4, -0.2) is 33.2 Å². The highest BCUT2D eigenvalue weighted by molar-refractivity contribution is 6.31. The van der Waals surface area contributed by atoms with Crippen LogP contribution in [0.3, 0.4) is 0 Å². The van der Waals surface area contributed by atoms with Crippen molar-refractivity contribution in [2.24, 2.45) is 11.8 Å². The molecule has 3 atom stereocenters. The maximum atomic E-state index is 12.9. The SMILES string of the molecule is Cc1nc(-c2onc(C)c2NC(=O)O[C@H](C)c2ccccc2Cl)ccc1NC(=O)[C@H]1CCCC[C@H]1C(=O)O. The first-order chi connectivity index (χ1) is 18.2. The Balaban J connectivity index is 1.47. The molecule has 1 saturated carbocycles. The second-order valence-corrected chi connectivity index (χ2v) is 9.73. The number of ether oxygens (including phenoxy) is 1. The number of carboxylic acid groups (broad SMARTS) is 1. The van der Waals surface area contributed by atoms with E-state index in [1.165, 1.54) is 0 Å². The Morgan fingerprint density at radius 2 is 1.76 bits per heavy atom. The fourth-order valence-electron chi connectivity index (χ4n) is 4.64. The second kappa shape index (κ2) is 11.6. The number of aromatic nitrogens is 2. The number of benzene rings is 1. The van der Waals surface area contributed by atoms with Crippen molar-refractivity contribution in [3.63, 3.8) is 0 Å². The van der Waals surface area contributed by atoms with Crippen LogP contribution in [0, 0.1) is 25.7 Å². The number of amides is 2. The van der Waals surface area contributed by atoms with Crippen molar-refractivity contribution in [3.8, 4) is 11.5 Å². The molecule has 2 aromatic heterocycles. The van der Waals surface area contributed by atoms with Crippen LogP contribution in [0.1, 0.15) is 55.7 Å². The molecule has 0 radical (unpaired) electrons.